The second-order valence-corrected chi connectivity index (χ2v) is 7.03. The van der Waals surface area contributed by atoms with E-state index < -0.39 is 29.8 Å². The van der Waals surface area contributed by atoms with Crippen LogP contribution in [0.3, 0.4) is 0 Å². The van der Waals surface area contributed by atoms with Gasteiger partial charge in [0, 0.05) is 4.43 Å². The second-order valence-electron chi connectivity index (χ2n) is 6.15. The molecule has 1 amide bonds. The first kappa shape index (κ1) is 20.7. The fourth-order valence-corrected chi connectivity index (χ4v) is 2.56. The van der Waals surface area contributed by atoms with Crippen LogP contribution in [0.5, 0.6) is 0 Å². The number of methoxy groups -OCH3 is 1. The fraction of sp³-hybridized carbons (Fsp3) is 0.529. The number of hydrogen-bond acceptors (Lipinski definition) is 5. The summed E-state index contributed by atoms with van der Waals surface area (Å²) in [6, 6.07) is 8.92. The zero-order valence-electron chi connectivity index (χ0n) is 14.4. The minimum absolute atomic E-state index is 0.240. The van der Waals surface area contributed by atoms with Crippen LogP contribution in [0, 0.1) is 0 Å². The molecule has 1 aromatic rings. The number of hydrogen-bond donors (Lipinski definition) is 1. The van der Waals surface area contributed by atoms with Gasteiger partial charge in [-0.25, -0.2) is 9.59 Å². The van der Waals surface area contributed by atoms with Crippen molar-refractivity contribution in [2.75, 3.05) is 11.5 Å². The minimum Gasteiger partial charge on any atom is -0.467 e. The van der Waals surface area contributed by atoms with Crippen LogP contribution in [0.25, 0.3) is 0 Å². The van der Waals surface area contributed by atoms with Crippen molar-refractivity contribution in [3.8, 4) is 0 Å². The molecule has 134 valence electrons. The molecule has 0 fully saturated rings. The Balaban J connectivity index is 2.76. The van der Waals surface area contributed by atoms with Crippen molar-refractivity contribution in [3.63, 3.8) is 0 Å². The average Bonchev–Trinajstić information content (AvgIpc) is 2.52. The molecule has 1 N–H and O–H groups in total. The van der Waals surface area contributed by atoms with E-state index in [9.17, 15) is 9.59 Å². The summed E-state index contributed by atoms with van der Waals surface area (Å²) in [6.45, 7) is 5.56. The lowest BCUT2D eigenvalue weighted by Gasteiger charge is -2.27. The van der Waals surface area contributed by atoms with E-state index in [1.54, 1.807) is 20.8 Å². The Morgan fingerprint density at radius 1 is 1.21 bits per heavy atom. The highest BCUT2D eigenvalue weighted by Gasteiger charge is 2.32. The van der Waals surface area contributed by atoms with E-state index in [2.05, 4.69) is 27.9 Å². The number of alkyl halides is 1. The number of amides is 1. The van der Waals surface area contributed by atoms with Gasteiger partial charge in [-0.15, -0.1) is 0 Å². The summed E-state index contributed by atoms with van der Waals surface area (Å²) in [5.41, 5.74) is 0.307. The number of rotatable bonds is 7. The van der Waals surface area contributed by atoms with Gasteiger partial charge in [0.05, 0.1) is 19.8 Å². The van der Waals surface area contributed by atoms with Crippen molar-refractivity contribution in [2.45, 2.75) is 45.1 Å². The minimum atomic E-state index is -0.917. The molecule has 0 aliphatic carbocycles. The van der Waals surface area contributed by atoms with Gasteiger partial charge in [0.1, 0.15) is 5.60 Å². The van der Waals surface area contributed by atoms with Gasteiger partial charge in [-0.05, 0) is 26.3 Å². The molecule has 2 atom stereocenters. The van der Waals surface area contributed by atoms with Gasteiger partial charge >= 0.3 is 12.1 Å². The van der Waals surface area contributed by atoms with Crippen LogP contribution >= 0.6 is 22.6 Å². The zero-order valence-corrected chi connectivity index (χ0v) is 16.5. The lowest BCUT2D eigenvalue weighted by molar-refractivity contribution is -0.156. The quantitative estimate of drug-likeness (QED) is 0.394. The SMILES string of the molecule is COC(=O)C(OCc1ccccc1)[C@H](CI)NC(=O)OC(C)(C)C. The molecule has 1 unspecified atom stereocenters. The molecule has 0 aliphatic rings. The van der Waals surface area contributed by atoms with E-state index in [0.717, 1.165) is 5.56 Å². The summed E-state index contributed by atoms with van der Waals surface area (Å²) in [7, 11) is 1.29. The molecule has 0 radical (unpaired) electrons. The first-order valence-electron chi connectivity index (χ1n) is 7.55. The van der Waals surface area contributed by atoms with Gasteiger partial charge in [0.25, 0.3) is 0 Å². The molecular formula is C17H24INO5. The molecule has 24 heavy (non-hydrogen) atoms. The first-order valence-corrected chi connectivity index (χ1v) is 9.08. The predicted octanol–water partition coefficient (Wildman–Crippen LogP) is 3.07. The Kier molecular flexibility index (Phi) is 8.47. The van der Waals surface area contributed by atoms with Gasteiger partial charge in [-0.3, -0.25) is 0 Å². The van der Waals surface area contributed by atoms with Crippen molar-refractivity contribution in [3.05, 3.63) is 35.9 Å². The second kappa shape index (κ2) is 9.83. The van der Waals surface area contributed by atoms with Crippen LogP contribution in [-0.4, -0.2) is 41.3 Å². The Morgan fingerprint density at radius 3 is 2.33 bits per heavy atom. The zero-order chi connectivity index (χ0) is 18.2. The number of halogens is 1. The summed E-state index contributed by atoms with van der Waals surface area (Å²) in [6.07, 6.45) is -1.51. The number of benzene rings is 1. The van der Waals surface area contributed by atoms with Gasteiger partial charge in [0.15, 0.2) is 6.10 Å². The first-order chi connectivity index (χ1) is 11.3. The van der Waals surface area contributed by atoms with Crippen molar-refractivity contribution < 1.29 is 23.8 Å². The largest absolute Gasteiger partial charge is 0.467 e. The van der Waals surface area contributed by atoms with Crippen molar-refractivity contribution in [1.82, 2.24) is 5.32 Å². The van der Waals surface area contributed by atoms with E-state index in [1.807, 2.05) is 30.3 Å². The van der Waals surface area contributed by atoms with Crippen LogP contribution in [0.2, 0.25) is 0 Å². The van der Waals surface area contributed by atoms with Gasteiger partial charge in [-0.2, -0.15) is 0 Å². The molecule has 0 spiro atoms. The number of alkyl carbamates (subject to hydrolysis) is 1. The highest BCUT2D eigenvalue weighted by Crippen LogP contribution is 2.12. The summed E-state index contributed by atoms with van der Waals surface area (Å²) in [5, 5.41) is 2.68. The molecule has 7 heteroatoms. The maximum absolute atomic E-state index is 12.1. The van der Waals surface area contributed by atoms with E-state index in [-0.39, 0.29) is 6.61 Å². The number of nitrogens with one attached hydrogen (secondary N) is 1. The van der Waals surface area contributed by atoms with Crippen molar-refractivity contribution >= 4 is 34.7 Å². The molecular weight excluding hydrogens is 425 g/mol. The average molecular weight is 449 g/mol. The number of esters is 1. The third kappa shape index (κ3) is 7.48. The van der Waals surface area contributed by atoms with Gasteiger partial charge in [0.2, 0.25) is 0 Å². The fourth-order valence-electron chi connectivity index (χ4n) is 1.88. The lowest BCUT2D eigenvalue weighted by Crippen LogP contribution is -2.50. The molecule has 0 heterocycles. The van der Waals surface area contributed by atoms with Crippen LogP contribution in [0.15, 0.2) is 30.3 Å². The summed E-state index contributed by atoms with van der Waals surface area (Å²) in [4.78, 5) is 24.0. The van der Waals surface area contributed by atoms with Crippen LogP contribution in [0.1, 0.15) is 26.3 Å². The monoisotopic (exact) mass is 449 g/mol. The normalized spacial score (nSPS) is 13.7. The Hall–Kier alpha value is -1.35. The smallest absolute Gasteiger partial charge is 0.408 e. The standard InChI is InChI=1S/C17H24INO5/c1-17(2,3)24-16(21)19-13(10-18)14(15(20)22-4)23-11-12-8-6-5-7-9-12/h5-9,13-14H,10-11H2,1-4H3,(H,19,21)/t13-,14?/m0/s1. The Morgan fingerprint density at radius 2 is 1.83 bits per heavy atom. The summed E-state index contributed by atoms with van der Waals surface area (Å²) in [5.74, 6) is -0.538. The Labute approximate surface area is 156 Å². The summed E-state index contributed by atoms with van der Waals surface area (Å²) >= 11 is 2.08. The molecule has 0 aliphatic heterocycles. The van der Waals surface area contributed by atoms with E-state index in [4.69, 9.17) is 14.2 Å². The van der Waals surface area contributed by atoms with Crippen molar-refractivity contribution in [1.29, 1.82) is 0 Å². The molecule has 1 aromatic carbocycles. The number of carbonyl (C=O) groups is 2. The molecule has 1 rings (SSSR count). The predicted molar refractivity (Wildman–Crippen MR) is 99.1 cm³/mol. The Bertz CT molecular complexity index is 530. The highest BCUT2D eigenvalue weighted by atomic mass is 127. The highest BCUT2D eigenvalue weighted by molar-refractivity contribution is 14.1. The molecule has 0 aromatic heterocycles. The van der Waals surface area contributed by atoms with Crippen LogP contribution in [0.4, 0.5) is 4.79 Å². The topological polar surface area (TPSA) is 73.9 Å². The molecule has 6 nitrogen and oxygen atoms in total. The van der Waals surface area contributed by atoms with E-state index in [0.29, 0.717) is 4.43 Å². The van der Waals surface area contributed by atoms with E-state index in [1.165, 1.54) is 7.11 Å². The molecule has 0 saturated carbocycles. The number of carbonyl (C=O) groups excluding carboxylic acids is 2. The lowest BCUT2D eigenvalue weighted by atomic mass is 10.1. The van der Waals surface area contributed by atoms with E-state index >= 15 is 0 Å². The molecule has 0 bridgehead atoms. The van der Waals surface area contributed by atoms with Gasteiger partial charge in [-0.1, -0.05) is 52.9 Å². The van der Waals surface area contributed by atoms with Crippen LogP contribution in [-0.2, 0) is 25.6 Å². The van der Waals surface area contributed by atoms with Gasteiger partial charge < -0.3 is 19.5 Å². The van der Waals surface area contributed by atoms with Crippen LogP contribution < -0.4 is 5.32 Å². The maximum Gasteiger partial charge on any atom is 0.408 e. The third-order valence-corrected chi connectivity index (χ3v) is 3.89. The maximum atomic E-state index is 12.1. The third-order valence-electron chi connectivity index (χ3n) is 2.94. The van der Waals surface area contributed by atoms with Crippen molar-refractivity contribution in [2.24, 2.45) is 0 Å². The molecule has 0 saturated heterocycles. The summed E-state index contributed by atoms with van der Waals surface area (Å²) < 4.78 is 16.2. The number of ether oxygens (including phenoxy) is 3.